The van der Waals surface area contributed by atoms with Gasteiger partial charge in [-0.15, -0.1) is 0 Å². The fourth-order valence-corrected chi connectivity index (χ4v) is 5.09. The number of nitrogens with two attached hydrogens (primary N) is 1. The molecule has 0 spiro atoms. The van der Waals surface area contributed by atoms with Crippen molar-refractivity contribution in [2.75, 3.05) is 32.0 Å². The number of piperidine rings is 1. The second-order valence-electron chi connectivity index (χ2n) is 9.29. The average Bonchev–Trinajstić information content (AvgIpc) is 3.39. The van der Waals surface area contributed by atoms with Crippen molar-refractivity contribution in [3.63, 3.8) is 0 Å². The van der Waals surface area contributed by atoms with Crippen LogP contribution in [0.1, 0.15) is 60.2 Å². The summed E-state index contributed by atoms with van der Waals surface area (Å²) in [5.41, 5.74) is 6.28. The zero-order valence-electron chi connectivity index (χ0n) is 19.5. The molecule has 0 aromatic heterocycles. The summed E-state index contributed by atoms with van der Waals surface area (Å²) < 4.78 is 5.46. The van der Waals surface area contributed by atoms with Crippen molar-refractivity contribution in [3.8, 4) is 0 Å². The lowest BCUT2D eigenvalue weighted by Gasteiger charge is -2.34. The SMILES string of the molecule is CC(C)[C@@H](C(=O)OCCN1C(=O)CCC(N2C(=O)c3cccc(N)c3C2=O)C1=O)N1CCCC1. The van der Waals surface area contributed by atoms with Gasteiger partial charge in [0.15, 0.2) is 0 Å². The second kappa shape index (κ2) is 9.54. The van der Waals surface area contributed by atoms with Gasteiger partial charge in [0.2, 0.25) is 5.91 Å². The van der Waals surface area contributed by atoms with E-state index in [9.17, 15) is 24.0 Å². The van der Waals surface area contributed by atoms with Gasteiger partial charge in [-0.05, 0) is 50.4 Å². The number of esters is 1. The number of rotatable bonds is 7. The Labute approximate surface area is 198 Å². The number of carbonyl (C=O) groups is 5. The number of nitrogen functional groups attached to an aromatic ring is 1. The number of fused-ring (bicyclic) bond motifs is 1. The van der Waals surface area contributed by atoms with Gasteiger partial charge in [0.25, 0.3) is 17.7 Å². The van der Waals surface area contributed by atoms with Crippen LogP contribution in [0.25, 0.3) is 0 Å². The second-order valence-corrected chi connectivity index (χ2v) is 9.29. The molecule has 3 heterocycles. The molecule has 3 aliphatic heterocycles. The molecule has 10 nitrogen and oxygen atoms in total. The zero-order valence-corrected chi connectivity index (χ0v) is 19.5. The summed E-state index contributed by atoms with van der Waals surface area (Å²) in [4.78, 5) is 68.2. The minimum atomic E-state index is -1.10. The van der Waals surface area contributed by atoms with Crippen LogP contribution in [0.5, 0.6) is 0 Å². The van der Waals surface area contributed by atoms with Crippen molar-refractivity contribution >= 4 is 35.3 Å². The maximum atomic E-state index is 13.2. The highest BCUT2D eigenvalue weighted by molar-refractivity contribution is 6.25. The van der Waals surface area contributed by atoms with Crippen molar-refractivity contribution in [1.82, 2.24) is 14.7 Å². The van der Waals surface area contributed by atoms with E-state index in [1.54, 1.807) is 6.07 Å². The number of likely N-dealkylation sites (tertiary alicyclic amines) is 2. The van der Waals surface area contributed by atoms with Crippen LogP contribution in [-0.2, 0) is 19.1 Å². The highest BCUT2D eigenvalue weighted by atomic mass is 16.5. The molecule has 0 aliphatic carbocycles. The maximum Gasteiger partial charge on any atom is 0.323 e. The summed E-state index contributed by atoms with van der Waals surface area (Å²) in [5.74, 6) is -2.62. The summed E-state index contributed by atoms with van der Waals surface area (Å²) in [5, 5.41) is 0. The van der Waals surface area contributed by atoms with Gasteiger partial charge in [-0.25, -0.2) is 0 Å². The molecule has 0 bridgehead atoms. The Hall–Kier alpha value is -3.27. The van der Waals surface area contributed by atoms with Gasteiger partial charge in [0.05, 0.1) is 17.7 Å². The summed E-state index contributed by atoms with van der Waals surface area (Å²) in [7, 11) is 0. The van der Waals surface area contributed by atoms with Crippen LogP contribution in [0.3, 0.4) is 0 Å². The fraction of sp³-hybridized carbons (Fsp3) is 0.542. The molecule has 2 atom stereocenters. The van der Waals surface area contributed by atoms with Gasteiger partial charge in [-0.3, -0.25) is 38.7 Å². The summed E-state index contributed by atoms with van der Waals surface area (Å²) in [6.07, 6.45) is 2.12. The summed E-state index contributed by atoms with van der Waals surface area (Å²) >= 11 is 0. The molecule has 34 heavy (non-hydrogen) atoms. The molecule has 182 valence electrons. The van der Waals surface area contributed by atoms with Gasteiger partial charge < -0.3 is 10.5 Å². The average molecular weight is 471 g/mol. The summed E-state index contributed by atoms with van der Waals surface area (Å²) in [6.45, 7) is 5.33. The Kier molecular flexibility index (Phi) is 6.70. The van der Waals surface area contributed by atoms with E-state index in [1.165, 1.54) is 12.1 Å². The molecule has 0 radical (unpaired) electrons. The van der Waals surface area contributed by atoms with E-state index in [4.69, 9.17) is 10.5 Å². The molecule has 3 aliphatic rings. The van der Waals surface area contributed by atoms with Crippen LogP contribution in [0.15, 0.2) is 18.2 Å². The minimum absolute atomic E-state index is 0.00433. The first-order valence-corrected chi connectivity index (χ1v) is 11.7. The molecule has 4 rings (SSSR count). The molecule has 2 fully saturated rings. The molecule has 10 heteroatoms. The largest absolute Gasteiger partial charge is 0.463 e. The maximum absolute atomic E-state index is 13.2. The van der Waals surface area contributed by atoms with Gasteiger partial charge >= 0.3 is 5.97 Å². The first kappa shape index (κ1) is 23.9. The van der Waals surface area contributed by atoms with Crippen LogP contribution >= 0.6 is 0 Å². The molecule has 2 N–H and O–H groups in total. The molecule has 0 saturated carbocycles. The van der Waals surface area contributed by atoms with Crippen LogP contribution in [0.2, 0.25) is 0 Å². The molecule has 2 saturated heterocycles. The van der Waals surface area contributed by atoms with Crippen LogP contribution < -0.4 is 5.73 Å². The zero-order chi connectivity index (χ0) is 24.6. The number of ether oxygens (including phenoxy) is 1. The number of imide groups is 2. The normalized spacial score (nSPS) is 22.0. The monoisotopic (exact) mass is 470 g/mol. The third kappa shape index (κ3) is 4.18. The van der Waals surface area contributed by atoms with E-state index in [0.717, 1.165) is 35.7 Å². The standard InChI is InChI=1S/C24H30N4O6/c1-14(2)20(26-10-3-4-11-26)24(33)34-13-12-27-18(29)9-8-17(22(27)31)28-21(30)15-6-5-7-16(25)19(15)23(28)32/h5-7,14,17,20H,3-4,8-13,25H2,1-2H3/t17?,20-/m0/s1. The van der Waals surface area contributed by atoms with Crippen molar-refractivity contribution in [2.45, 2.75) is 51.6 Å². The fourth-order valence-electron chi connectivity index (χ4n) is 5.09. The Morgan fingerprint density at radius 2 is 1.82 bits per heavy atom. The van der Waals surface area contributed by atoms with Gasteiger partial charge in [-0.1, -0.05) is 19.9 Å². The molecule has 1 aromatic rings. The quantitative estimate of drug-likeness (QED) is 0.355. The summed E-state index contributed by atoms with van der Waals surface area (Å²) in [6, 6.07) is 3.11. The third-order valence-electron chi connectivity index (χ3n) is 6.74. The van der Waals surface area contributed by atoms with Crippen LogP contribution in [0.4, 0.5) is 5.69 Å². The van der Waals surface area contributed by atoms with E-state index >= 15 is 0 Å². The number of amides is 4. The van der Waals surface area contributed by atoms with Crippen molar-refractivity contribution in [1.29, 1.82) is 0 Å². The molecule has 1 aromatic carbocycles. The lowest BCUT2D eigenvalue weighted by molar-refractivity contribution is -0.158. The molecular formula is C24H30N4O6. The van der Waals surface area contributed by atoms with Crippen LogP contribution in [0, 0.1) is 5.92 Å². The van der Waals surface area contributed by atoms with Crippen LogP contribution in [-0.4, -0.2) is 82.6 Å². The van der Waals surface area contributed by atoms with E-state index in [1.807, 2.05) is 13.8 Å². The van der Waals surface area contributed by atoms with E-state index in [2.05, 4.69) is 4.90 Å². The Bertz CT molecular complexity index is 1030. The van der Waals surface area contributed by atoms with Crippen molar-refractivity contribution in [2.24, 2.45) is 5.92 Å². The number of benzene rings is 1. The Morgan fingerprint density at radius 3 is 2.47 bits per heavy atom. The first-order valence-electron chi connectivity index (χ1n) is 11.7. The van der Waals surface area contributed by atoms with Gasteiger partial charge in [0, 0.05) is 12.1 Å². The lowest BCUT2D eigenvalue weighted by Crippen LogP contribution is -2.56. The van der Waals surface area contributed by atoms with Gasteiger partial charge in [-0.2, -0.15) is 0 Å². The number of anilines is 1. The first-order chi connectivity index (χ1) is 16.2. The number of hydrogen-bond acceptors (Lipinski definition) is 8. The highest BCUT2D eigenvalue weighted by Crippen LogP contribution is 2.32. The van der Waals surface area contributed by atoms with E-state index < -0.39 is 29.7 Å². The topological polar surface area (TPSA) is 130 Å². The number of nitrogens with zero attached hydrogens (tertiary/aromatic N) is 3. The van der Waals surface area contributed by atoms with Crippen molar-refractivity contribution in [3.05, 3.63) is 29.3 Å². The third-order valence-corrected chi connectivity index (χ3v) is 6.74. The van der Waals surface area contributed by atoms with Gasteiger partial charge in [0.1, 0.15) is 18.7 Å². The van der Waals surface area contributed by atoms with Crippen molar-refractivity contribution < 1.29 is 28.7 Å². The van der Waals surface area contributed by atoms with E-state index in [-0.39, 0.29) is 60.7 Å². The van der Waals surface area contributed by atoms with E-state index in [0.29, 0.717) is 0 Å². The smallest absolute Gasteiger partial charge is 0.323 e. The minimum Gasteiger partial charge on any atom is -0.463 e. The predicted molar refractivity (Wildman–Crippen MR) is 121 cm³/mol. The predicted octanol–water partition coefficient (Wildman–Crippen LogP) is 1.05. The molecule has 4 amide bonds. The molecular weight excluding hydrogens is 440 g/mol. The lowest BCUT2D eigenvalue weighted by atomic mass is 10.0. The Balaban J connectivity index is 1.42. The highest BCUT2D eigenvalue weighted by Gasteiger charge is 2.47. The number of hydrogen-bond donors (Lipinski definition) is 1. The number of carbonyl (C=O) groups excluding carboxylic acids is 5. The Morgan fingerprint density at radius 1 is 1.12 bits per heavy atom. The molecule has 1 unspecified atom stereocenters.